The predicted octanol–water partition coefficient (Wildman–Crippen LogP) is 4.40. The molecule has 0 saturated heterocycles. The third-order valence-corrected chi connectivity index (χ3v) is 7.89. The van der Waals surface area contributed by atoms with E-state index in [4.69, 9.17) is 4.74 Å². The number of nitrogens with one attached hydrogen (secondary N) is 1. The van der Waals surface area contributed by atoms with Gasteiger partial charge in [-0.1, -0.05) is 34.1 Å². The summed E-state index contributed by atoms with van der Waals surface area (Å²) < 4.78 is 31.1. The fraction of sp³-hybridized carbons (Fsp3) is 0.150. The van der Waals surface area contributed by atoms with Gasteiger partial charge in [0, 0.05) is 21.5 Å². The molecular formula is C20H16BrNO4S2. The number of ether oxygens (including phenoxy) is 1. The van der Waals surface area contributed by atoms with Crippen LogP contribution in [0.5, 0.6) is 5.75 Å². The van der Waals surface area contributed by atoms with Crippen LogP contribution in [0.25, 0.3) is 10.4 Å². The first-order chi connectivity index (χ1) is 13.4. The molecule has 0 spiro atoms. The number of hydrogen-bond donors (Lipinski definition) is 1. The quantitative estimate of drug-likeness (QED) is 0.604. The lowest BCUT2D eigenvalue weighted by molar-refractivity contribution is 0.0955. The molecule has 2 aromatic carbocycles. The van der Waals surface area contributed by atoms with Gasteiger partial charge in [0.1, 0.15) is 5.75 Å². The van der Waals surface area contributed by atoms with Crippen molar-refractivity contribution in [3.05, 3.63) is 69.0 Å². The fourth-order valence-electron chi connectivity index (χ4n) is 3.15. The van der Waals surface area contributed by atoms with Gasteiger partial charge in [0.2, 0.25) is 0 Å². The number of methoxy groups -OCH3 is 1. The maximum Gasteiger partial charge on any atom is 0.261 e. The van der Waals surface area contributed by atoms with E-state index >= 15 is 0 Å². The van der Waals surface area contributed by atoms with Crippen LogP contribution >= 0.6 is 27.3 Å². The first kappa shape index (κ1) is 19.2. The Morgan fingerprint density at radius 1 is 1.21 bits per heavy atom. The van der Waals surface area contributed by atoms with Crippen molar-refractivity contribution >= 4 is 43.0 Å². The molecule has 2 heterocycles. The molecule has 4 rings (SSSR count). The molecule has 1 aliphatic rings. The van der Waals surface area contributed by atoms with Gasteiger partial charge in [-0.25, -0.2) is 8.42 Å². The minimum Gasteiger partial charge on any atom is -0.497 e. The highest BCUT2D eigenvalue weighted by Crippen LogP contribution is 2.43. The van der Waals surface area contributed by atoms with E-state index in [0.717, 1.165) is 16.2 Å². The number of thiophene rings is 1. The second-order valence-electron chi connectivity index (χ2n) is 6.40. The second kappa shape index (κ2) is 7.35. The predicted molar refractivity (Wildman–Crippen MR) is 113 cm³/mol. The Balaban J connectivity index is 1.60. The third kappa shape index (κ3) is 3.59. The first-order valence-electron chi connectivity index (χ1n) is 8.44. The Morgan fingerprint density at radius 3 is 2.82 bits per heavy atom. The molecule has 0 unspecified atom stereocenters. The topological polar surface area (TPSA) is 72.5 Å². The van der Waals surface area contributed by atoms with Crippen molar-refractivity contribution in [1.29, 1.82) is 0 Å². The third-order valence-electron chi connectivity index (χ3n) is 4.49. The first-order valence-corrected chi connectivity index (χ1v) is 11.7. The van der Waals surface area contributed by atoms with Gasteiger partial charge in [-0.15, -0.1) is 11.3 Å². The summed E-state index contributed by atoms with van der Waals surface area (Å²) in [5.41, 5.74) is 2.25. The molecule has 1 aromatic heterocycles. The maximum absolute atomic E-state index is 12.6. The average Bonchev–Trinajstić information content (AvgIpc) is 3.09. The fourth-order valence-corrected chi connectivity index (χ4v) is 6.56. The zero-order valence-electron chi connectivity index (χ0n) is 14.9. The number of hydrogen-bond acceptors (Lipinski definition) is 5. The number of sulfone groups is 1. The highest BCUT2D eigenvalue weighted by molar-refractivity contribution is 9.10. The Labute approximate surface area is 175 Å². The molecule has 0 radical (unpaired) electrons. The molecule has 0 fully saturated rings. The molecule has 5 nitrogen and oxygen atoms in total. The maximum atomic E-state index is 12.6. The lowest BCUT2D eigenvalue weighted by Gasteiger charge is -2.16. The minimum absolute atomic E-state index is 0.0918. The number of benzene rings is 2. The molecule has 0 aliphatic carbocycles. The van der Waals surface area contributed by atoms with E-state index in [1.54, 1.807) is 25.3 Å². The smallest absolute Gasteiger partial charge is 0.261 e. The molecule has 1 aliphatic heterocycles. The monoisotopic (exact) mass is 477 g/mol. The summed E-state index contributed by atoms with van der Waals surface area (Å²) in [6.45, 7) is 0.362. The Morgan fingerprint density at radius 2 is 2.04 bits per heavy atom. The number of rotatable bonds is 4. The van der Waals surface area contributed by atoms with Crippen molar-refractivity contribution in [3.8, 4) is 16.2 Å². The van der Waals surface area contributed by atoms with Gasteiger partial charge in [0.05, 0.1) is 22.6 Å². The molecule has 1 amide bonds. The van der Waals surface area contributed by atoms with E-state index in [1.807, 2.05) is 30.3 Å². The van der Waals surface area contributed by atoms with Crippen LogP contribution < -0.4 is 10.1 Å². The van der Waals surface area contributed by atoms with Crippen molar-refractivity contribution in [2.24, 2.45) is 0 Å². The van der Waals surface area contributed by atoms with Crippen molar-refractivity contribution in [1.82, 2.24) is 5.32 Å². The molecule has 8 heteroatoms. The second-order valence-corrected chi connectivity index (χ2v) is 10.3. The number of halogens is 1. The van der Waals surface area contributed by atoms with Crippen LogP contribution in [0.4, 0.5) is 0 Å². The zero-order chi connectivity index (χ0) is 19.9. The summed E-state index contributed by atoms with van der Waals surface area (Å²) in [7, 11) is -1.83. The average molecular weight is 478 g/mol. The molecule has 1 N–H and O–H groups in total. The summed E-state index contributed by atoms with van der Waals surface area (Å²) >= 11 is 4.65. The van der Waals surface area contributed by atoms with Crippen molar-refractivity contribution < 1.29 is 17.9 Å². The SMILES string of the molecule is COc1cccc(CNC(=O)c2cc3c(s2)-c2ccc(Br)cc2S(=O)(=O)C3)c1. The van der Waals surface area contributed by atoms with Gasteiger partial charge in [-0.2, -0.15) is 0 Å². The number of carbonyl (C=O) groups excluding carboxylic acids is 1. The van der Waals surface area contributed by atoms with Gasteiger partial charge in [0.25, 0.3) is 5.91 Å². The Bertz CT molecular complexity index is 1180. The van der Waals surface area contributed by atoms with Crippen molar-refractivity contribution in [3.63, 3.8) is 0 Å². The Hall–Kier alpha value is -2.16. The van der Waals surface area contributed by atoms with Gasteiger partial charge in [-0.05, 0) is 41.5 Å². The lowest BCUT2D eigenvalue weighted by Crippen LogP contribution is -2.21. The molecular weight excluding hydrogens is 462 g/mol. The van der Waals surface area contributed by atoms with E-state index in [1.165, 1.54) is 11.3 Å². The summed E-state index contributed by atoms with van der Waals surface area (Å²) in [5.74, 6) is 0.412. The van der Waals surface area contributed by atoms with Crippen molar-refractivity contribution in [2.75, 3.05) is 7.11 Å². The minimum atomic E-state index is -3.42. The largest absolute Gasteiger partial charge is 0.497 e. The highest BCUT2D eigenvalue weighted by atomic mass is 79.9. The van der Waals surface area contributed by atoms with Crippen molar-refractivity contribution in [2.45, 2.75) is 17.2 Å². The molecule has 3 aromatic rings. The Kier molecular flexibility index (Phi) is 5.03. The van der Waals surface area contributed by atoms with E-state index in [-0.39, 0.29) is 11.7 Å². The summed E-state index contributed by atoms with van der Waals surface area (Å²) in [5, 5.41) is 2.89. The normalized spacial score (nSPS) is 14.1. The van der Waals surface area contributed by atoms with Crippen LogP contribution in [0, 0.1) is 0 Å². The van der Waals surface area contributed by atoms with Crippen LogP contribution in [-0.2, 0) is 22.1 Å². The van der Waals surface area contributed by atoms with E-state index < -0.39 is 9.84 Å². The van der Waals surface area contributed by atoms with Gasteiger partial charge in [0.15, 0.2) is 9.84 Å². The van der Waals surface area contributed by atoms with Crippen LogP contribution in [0.1, 0.15) is 20.8 Å². The zero-order valence-corrected chi connectivity index (χ0v) is 18.1. The molecule has 0 atom stereocenters. The highest BCUT2D eigenvalue weighted by Gasteiger charge is 2.31. The van der Waals surface area contributed by atoms with E-state index in [9.17, 15) is 13.2 Å². The number of fused-ring (bicyclic) bond motifs is 3. The standard InChI is InChI=1S/C20H16BrNO4S2/c1-26-15-4-2-3-12(7-15)10-22-20(23)17-8-13-11-28(24,25)18-9-14(21)5-6-16(18)19(13)27-17/h2-9H,10-11H2,1H3,(H,22,23). The number of amides is 1. The summed E-state index contributed by atoms with van der Waals surface area (Å²) in [6.07, 6.45) is 0. The van der Waals surface area contributed by atoms with Crippen LogP contribution in [-0.4, -0.2) is 21.4 Å². The molecule has 0 bridgehead atoms. The summed E-state index contributed by atoms with van der Waals surface area (Å²) in [4.78, 5) is 14.3. The molecule has 28 heavy (non-hydrogen) atoms. The summed E-state index contributed by atoms with van der Waals surface area (Å²) in [6, 6.07) is 14.4. The van der Waals surface area contributed by atoms with Gasteiger partial charge < -0.3 is 10.1 Å². The molecule has 0 saturated carbocycles. The molecule has 144 valence electrons. The lowest BCUT2D eigenvalue weighted by atomic mass is 10.1. The number of carbonyl (C=O) groups is 1. The van der Waals surface area contributed by atoms with E-state index in [0.29, 0.717) is 31.9 Å². The van der Waals surface area contributed by atoms with Gasteiger partial charge >= 0.3 is 0 Å². The van der Waals surface area contributed by atoms with E-state index in [2.05, 4.69) is 21.2 Å². The van der Waals surface area contributed by atoms with Gasteiger partial charge in [-0.3, -0.25) is 4.79 Å². The van der Waals surface area contributed by atoms with Crippen LogP contribution in [0.3, 0.4) is 0 Å². The van der Waals surface area contributed by atoms with Crippen LogP contribution in [0.15, 0.2) is 57.9 Å². The van der Waals surface area contributed by atoms with Crippen LogP contribution in [0.2, 0.25) is 0 Å².